The quantitative estimate of drug-likeness (QED) is 0.759. The first-order valence-electron chi connectivity index (χ1n) is 8.71. The predicted molar refractivity (Wildman–Crippen MR) is 94.9 cm³/mol. The fourth-order valence-electron chi connectivity index (χ4n) is 3.44. The van der Waals surface area contributed by atoms with Crippen molar-refractivity contribution in [2.24, 2.45) is 5.92 Å². The van der Waals surface area contributed by atoms with Crippen molar-refractivity contribution in [1.29, 1.82) is 0 Å². The number of halogens is 1. The van der Waals surface area contributed by atoms with E-state index in [0.29, 0.717) is 25.6 Å². The number of carbonyl (C=O) groups excluding carboxylic acids is 2. The molecule has 2 aliphatic rings. The lowest BCUT2D eigenvalue weighted by molar-refractivity contribution is -0.142. The molecule has 0 aliphatic carbocycles. The second-order valence-electron chi connectivity index (χ2n) is 6.63. The number of ether oxygens (including phenoxy) is 1. The van der Waals surface area contributed by atoms with Crippen LogP contribution in [-0.2, 0) is 9.59 Å². The molecular formula is C17H23BrN4O3. The highest BCUT2D eigenvalue weighted by Crippen LogP contribution is 2.23. The van der Waals surface area contributed by atoms with Crippen LogP contribution in [0.25, 0.3) is 0 Å². The Morgan fingerprint density at radius 2 is 1.80 bits per heavy atom. The number of hydrogen-bond acceptors (Lipinski definition) is 5. The molecule has 3 heterocycles. The van der Waals surface area contributed by atoms with Crippen LogP contribution in [0.3, 0.4) is 0 Å². The minimum absolute atomic E-state index is 0.0123. The number of hydrogen-bond donors (Lipinski definition) is 0. The molecule has 2 amide bonds. The molecule has 2 fully saturated rings. The highest BCUT2D eigenvalue weighted by atomic mass is 79.9. The first-order valence-corrected chi connectivity index (χ1v) is 9.50. The maximum absolute atomic E-state index is 12.8. The van der Waals surface area contributed by atoms with Gasteiger partial charge in [0.05, 0.1) is 11.0 Å². The zero-order valence-electron chi connectivity index (χ0n) is 14.4. The smallest absolute Gasteiger partial charge is 0.316 e. The molecule has 0 radical (unpaired) electrons. The third-order valence-electron chi connectivity index (χ3n) is 4.85. The second-order valence-corrected chi connectivity index (χ2v) is 7.55. The SMILES string of the molecule is CC(=O)N1CCC(C(=O)N2CCCC(Oc3ncc(Br)cn3)C2)CC1. The average Bonchev–Trinajstić information content (AvgIpc) is 2.63. The summed E-state index contributed by atoms with van der Waals surface area (Å²) < 4.78 is 6.64. The van der Waals surface area contributed by atoms with Crippen LogP contribution in [0.1, 0.15) is 32.6 Å². The molecule has 1 aromatic rings. The first kappa shape index (κ1) is 18.1. The molecule has 0 bridgehead atoms. The number of aromatic nitrogens is 2. The molecule has 3 rings (SSSR count). The molecule has 0 N–H and O–H groups in total. The topological polar surface area (TPSA) is 75.6 Å². The molecule has 2 aliphatic heterocycles. The molecule has 136 valence electrons. The van der Waals surface area contributed by atoms with Crippen molar-refractivity contribution in [2.45, 2.75) is 38.7 Å². The number of likely N-dealkylation sites (tertiary alicyclic amines) is 2. The maximum Gasteiger partial charge on any atom is 0.316 e. The Hall–Kier alpha value is -1.70. The molecule has 1 aromatic heterocycles. The predicted octanol–water partition coefficient (Wildman–Crippen LogP) is 1.87. The van der Waals surface area contributed by atoms with Crippen LogP contribution >= 0.6 is 15.9 Å². The molecule has 25 heavy (non-hydrogen) atoms. The van der Waals surface area contributed by atoms with Crippen molar-refractivity contribution >= 4 is 27.7 Å². The lowest BCUT2D eigenvalue weighted by Gasteiger charge is -2.37. The summed E-state index contributed by atoms with van der Waals surface area (Å²) in [5.41, 5.74) is 0. The summed E-state index contributed by atoms with van der Waals surface area (Å²) in [5, 5.41) is 0. The minimum Gasteiger partial charge on any atom is -0.458 e. The van der Waals surface area contributed by atoms with Gasteiger partial charge in [0.1, 0.15) is 6.10 Å². The van der Waals surface area contributed by atoms with Gasteiger partial charge >= 0.3 is 6.01 Å². The number of amides is 2. The van der Waals surface area contributed by atoms with Gasteiger partial charge in [-0.1, -0.05) is 0 Å². The maximum atomic E-state index is 12.8. The van der Waals surface area contributed by atoms with E-state index in [9.17, 15) is 9.59 Å². The van der Waals surface area contributed by atoms with E-state index in [4.69, 9.17) is 4.74 Å². The van der Waals surface area contributed by atoms with Crippen molar-refractivity contribution in [3.8, 4) is 6.01 Å². The third-order valence-corrected chi connectivity index (χ3v) is 5.26. The van der Waals surface area contributed by atoms with Gasteiger partial charge in [-0.25, -0.2) is 9.97 Å². The largest absolute Gasteiger partial charge is 0.458 e. The Labute approximate surface area is 155 Å². The zero-order chi connectivity index (χ0) is 17.8. The molecule has 8 heteroatoms. The van der Waals surface area contributed by atoms with Gasteiger partial charge < -0.3 is 14.5 Å². The molecule has 2 saturated heterocycles. The molecule has 7 nitrogen and oxygen atoms in total. The van der Waals surface area contributed by atoms with Crippen molar-refractivity contribution in [3.05, 3.63) is 16.9 Å². The van der Waals surface area contributed by atoms with E-state index in [0.717, 1.165) is 36.7 Å². The van der Waals surface area contributed by atoms with Crippen LogP contribution in [0, 0.1) is 5.92 Å². The van der Waals surface area contributed by atoms with Crippen molar-refractivity contribution in [3.63, 3.8) is 0 Å². The van der Waals surface area contributed by atoms with Crippen LogP contribution < -0.4 is 4.74 Å². The van der Waals surface area contributed by atoms with Gasteiger partial charge in [-0.05, 0) is 41.6 Å². The van der Waals surface area contributed by atoms with Crippen LogP contribution in [0.2, 0.25) is 0 Å². The molecule has 0 saturated carbocycles. The van der Waals surface area contributed by atoms with Crippen molar-refractivity contribution < 1.29 is 14.3 Å². The molecule has 1 unspecified atom stereocenters. The Morgan fingerprint density at radius 1 is 1.12 bits per heavy atom. The summed E-state index contributed by atoms with van der Waals surface area (Å²) in [6.07, 6.45) is 6.53. The lowest BCUT2D eigenvalue weighted by Crippen LogP contribution is -2.49. The summed E-state index contributed by atoms with van der Waals surface area (Å²) >= 11 is 3.30. The summed E-state index contributed by atoms with van der Waals surface area (Å²) in [6, 6.07) is 0.345. The van der Waals surface area contributed by atoms with E-state index in [1.165, 1.54) is 0 Å². The Bertz CT molecular complexity index is 617. The van der Waals surface area contributed by atoms with Gasteiger partial charge in [0.2, 0.25) is 11.8 Å². The van der Waals surface area contributed by atoms with Gasteiger partial charge in [-0.3, -0.25) is 9.59 Å². The minimum atomic E-state index is -0.0730. The van der Waals surface area contributed by atoms with Gasteiger partial charge in [0.15, 0.2) is 0 Å². The monoisotopic (exact) mass is 410 g/mol. The zero-order valence-corrected chi connectivity index (χ0v) is 15.9. The molecule has 0 aromatic carbocycles. The van der Waals surface area contributed by atoms with Gasteiger partial charge in [0, 0.05) is 44.9 Å². The Balaban J connectivity index is 1.53. The van der Waals surface area contributed by atoms with Gasteiger partial charge in [-0.15, -0.1) is 0 Å². The van der Waals surface area contributed by atoms with Crippen LogP contribution in [0.15, 0.2) is 16.9 Å². The summed E-state index contributed by atoms with van der Waals surface area (Å²) in [5.74, 6) is 0.290. The lowest BCUT2D eigenvalue weighted by atomic mass is 9.94. The number of carbonyl (C=O) groups is 2. The summed E-state index contributed by atoms with van der Waals surface area (Å²) in [6.45, 7) is 4.27. The molecular weight excluding hydrogens is 388 g/mol. The molecule has 0 spiro atoms. The van der Waals surface area contributed by atoms with E-state index in [-0.39, 0.29) is 23.8 Å². The fourth-order valence-corrected chi connectivity index (χ4v) is 3.65. The van der Waals surface area contributed by atoms with Gasteiger partial charge in [-0.2, -0.15) is 0 Å². The van der Waals surface area contributed by atoms with E-state index in [2.05, 4.69) is 25.9 Å². The summed E-state index contributed by atoms with van der Waals surface area (Å²) in [4.78, 5) is 36.2. The van der Waals surface area contributed by atoms with Crippen LogP contribution in [-0.4, -0.2) is 63.9 Å². The van der Waals surface area contributed by atoms with E-state index in [1.54, 1.807) is 19.3 Å². The normalized spacial score (nSPS) is 21.9. The first-order chi connectivity index (χ1) is 12.0. The highest BCUT2D eigenvalue weighted by molar-refractivity contribution is 9.10. The van der Waals surface area contributed by atoms with E-state index < -0.39 is 0 Å². The summed E-state index contributed by atoms with van der Waals surface area (Å²) in [7, 11) is 0. The van der Waals surface area contributed by atoms with Crippen molar-refractivity contribution in [2.75, 3.05) is 26.2 Å². The number of piperidine rings is 2. The average molecular weight is 411 g/mol. The van der Waals surface area contributed by atoms with Crippen molar-refractivity contribution in [1.82, 2.24) is 19.8 Å². The fraction of sp³-hybridized carbons (Fsp3) is 0.647. The third kappa shape index (κ3) is 4.68. The Kier molecular flexibility index (Phi) is 5.88. The highest BCUT2D eigenvalue weighted by Gasteiger charge is 2.32. The van der Waals surface area contributed by atoms with Gasteiger partial charge in [0.25, 0.3) is 0 Å². The second kappa shape index (κ2) is 8.12. The molecule has 1 atom stereocenters. The standard InChI is InChI=1S/C17H23BrN4O3/c1-12(23)21-7-4-13(5-8-21)16(24)22-6-2-3-15(11-22)25-17-19-9-14(18)10-20-17/h9-10,13,15H,2-8,11H2,1H3. The van der Waals surface area contributed by atoms with Crippen LogP contribution in [0.4, 0.5) is 0 Å². The Morgan fingerprint density at radius 3 is 2.44 bits per heavy atom. The number of rotatable bonds is 3. The van der Waals surface area contributed by atoms with Crippen LogP contribution in [0.5, 0.6) is 6.01 Å². The van der Waals surface area contributed by atoms with E-state index in [1.807, 2.05) is 9.80 Å². The van der Waals surface area contributed by atoms with E-state index >= 15 is 0 Å². The number of nitrogens with zero attached hydrogens (tertiary/aromatic N) is 4.